The molecule has 0 amide bonds. The van der Waals surface area contributed by atoms with Crippen LogP contribution in [0.15, 0.2) is 24.3 Å². The fraction of sp³-hybridized carbons (Fsp3) is 0.385. The highest BCUT2D eigenvalue weighted by Gasteiger charge is 2.11. The van der Waals surface area contributed by atoms with Gasteiger partial charge in [0, 0.05) is 18.8 Å². The van der Waals surface area contributed by atoms with Gasteiger partial charge in [-0.2, -0.15) is 0 Å². The van der Waals surface area contributed by atoms with Crippen LogP contribution in [0, 0.1) is 6.92 Å². The van der Waals surface area contributed by atoms with Crippen molar-refractivity contribution in [3.05, 3.63) is 35.4 Å². The van der Waals surface area contributed by atoms with E-state index in [4.69, 9.17) is 0 Å². The minimum atomic E-state index is 1.06. The fourth-order valence-electron chi connectivity index (χ4n) is 1.98. The Labute approximate surface area is 86.1 Å². The van der Waals surface area contributed by atoms with Crippen molar-refractivity contribution >= 4 is 11.8 Å². The van der Waals surface area contributed by atoms with E-state index < -0.39 is 0 Å². The van der Waals surface area contributed by atoms with E-state index in [1.165, 1.54) is 23.2 Å². The van der Waals surface area contributed by atoms with Gasteiger partial charge in [0.25, 0.3) is 0 Å². The van der Waals surface area contributed by atoms with Gasteiger partial charge in [-0.15, -0.1) is 0 Å². The average molecular weight is 187 g/mol. The Bertz CT molecular complexity index is 352. The number of nitrogens with zero attached hydrogens (tertiary/aromatic N) is 1. The Kier molecular flexibility index (Phi) is 2.58. The van der Waals surface area contributed by atoms with Crippen LogP contribution in [-0.2, 0) is 0 Å². The first-order chi connectivity index (χ1) is 6.81. The second-order valence-corrected chi connectivity index (χ2v) is 3.91. The Hall–Kier alpha value is -1.24. The molecule has 1 nitrogen and oxygen atoms in total. The first-order valence-electron chi connectivity index (χ1n) is 5.33. The molecule has 1 aromatic rings. The van der Waals surface area contributed by atoms with Crippen LogP contribution < -0.4 is 4.90 Å². The molecule has 2 rings (SSSR count). The van der Waals surface area contributed by atoms with E-state index in [0.717, 1.165) is 13.1 Å². The molecule has 0 saturated heterocycles. The third kappa shape index (κ3) is 1.67. The van der Waals surface area contributed by atoms with Gasteiger partial charge in [0.05, 0.1) is 0 Å². The number of anilines is 1. The van der Waals surface area contributed by atoms with Crippen molar-refractivity contribution in [3.63, 3.8) is 0 Å². The van der Waals surface area contributed by atoms with Crippen molar-refractivity contribution < 1.29 is 0 Å². The lowest BCUT2D eigenvalue weighted by Crippen LogP contribution is -2.26. The Morgan fingerprint density at radius 1 is 1.36 bits per heavy atom. The van der Waals surface area contributed by atoms with E-state index >= 15 is 0 Å². The molecule has 14 heavy (non-hydrogen) atoms. The van der Waals surface area contributed by atoms with Gasteiger partial charge in [-0.3, -0.25) is 0 Å². The Balaban J connectivity index is 2.36. The monoisotopic (exact) mass is 187 g/mol. The second-order valence-electron chi connectivity index (χ2n) is 3.91. The standard InChI is InChI=1S/C13H17N/c1-3-8-14-9-4-5-12-10-11(2)6-7-13(12)14/h4-7,10H,3,8-9H2,1-2H3. The highest BCUT2D eigenvalue weighted by Crippen LogP contribution is 2.26. The van der Waals surface area contributed by atoms with Gasteiger partial charge in [0.2, 0.25) is 0 Å². The highest BCUT2D eigenvalue weighted by molar-refractivity contribution is 5.71. The molecule has 1 heteroatoms. The first kappa shape index (κ1) is 9.32. The summed E-state index contributed by atoms with van der Waals surface area (Å²) in [4.78, 5) is 2.44. The molecule has 1 aliphatic rings. The molecule has 0 saturated carbocycles. The molecule has 1 aromatic carbocycles. The summed E-state index contributed by atoms with van der Waals surface area (Å²) in [5.74, 6) is 0. The normalized spacial score (nSPS) is 14.3. The molecule has 0 aromatic heterocycles. The molecule has 0 radical (unpaired) electrons. The predicted molar refractivity (Wildman–Crippen MR) is 62.7 cm³/mol. The van der Waals surface area contributed by atoms with E-state index in [1.54, 1.807) is 0 Å². The predicted octanol–water partition coefficient (Wildman–Crippen LogP) is 3.24. The largest absolute Gasteiger partial charge is 0.367 e. The average Bonchev–Trinajstić information content (AvgIpc) is 2.18. The highest BCUT2D eigenvalue weighted by atomic mass is 15.1. The second kappa shape index (κ2) is 3.87. The van der Waals surface area contributed by atoms with E-state index in [-0.39, 0.29) is 0 Å². The van der Waals surface area contributed by atoms with Crippen molar-refractivity contribution in [2.24, 2.45) is 0 Å². The number of benzene rings is 1. The zero-order valence-corrected chi connectivity index (χ0v) is 8.96. The van der Waals surface area contributed by atoms with Crippen molar-refractivity contribution in [1.29, 1.82) is 0 Å². The van der Waals surface area contributed by atoms with Crippen LogP contribution in [0.3, 0.4) is 0 Å². The number of aryl methyl sites for hydroxylation is 1. The molecule has 0 unspecified atom stereocenters. The quantitative estimate of drug-likeness (QED) is 0.687. The smallest absolute Gasteiger partial charge is 0.0442 e. The summed E-state index contributed by atoms with van der Waals surface area (Å²) in [5.41, 5.74) is 4.09. The van der Waals surface area contributed by atoms with Gasteiger partial charge >= 0.3 is 0 Å². The molecule has 0 aliphatic carbocycles. The summed E-state index contributed by atoms with van der Waals surface area (Å²) in [6.45, 7) is 6.59. The third-order valence-electron chi connectivity index (χ3n) is 2.64. The summed E-state index contributed by atoms with van der Waals surface area (Å²) in [6, 6.07) is 6.69. The topological polar surface area (TPSA) is 3.24 Å². The van der Waals surface area contributed by atoms with E-state index in [9.17, 15) is 0 Å². The van der Waals surface area contributed by atoms with Crippen molar-refractivity contribution in [3.8, 4) is 0 Å². The lowest BCUT2D eigenvalue weighted by Gasteiger charge is -2.27. The summed E-state index contributed by atoms with van der Waals surface area (Å²) >= 11 is 0. The van der Waals surface area contributed by atoms with E-state index in [1.807, 2.05) is 0 Å². The molecular weight excluding hydrogens is 170 g/mol. The lowest BCUT2D eigenvalue weighted by atomic mass is 10.0. The molecular formula is C13H17N. The Morgan fingerprint density at radius 3 is 3.00 bits per heavy atom. The molecule has 0 bridgehead atoms. The van der Waals surface area contributed by atoms with Crippen LogP contribution in [0.5, 0.6) is 0 Å². The minimum Gasteiger partial charge on any atom is -0.367 e. The zero-order valence-electron chi connectivity index (χ0n) is 8.96. The molecule has 1 heterocycles. The van der Waals surface area contributed by atoms with Gasteiger partial charge < -0.3 is 4.90 Å². The molecule has 0 N–H and O–H groups in total. The number of hydrogen-bond donors (Lipinski definition) is 0. The number of hydrogen-bond acceptors (Lipinski definition) is 1. The van der Waals surface area contributed by atoms with Crippen LogP contribution in [0.25, 0.3) is 6.08 Å². The van der Waals surface area contributed by atoms with Gasteiger partial charge in [-0.25, -0.2) is 0 Å². The van der Waals surface area contributed by atoms with Crippen molar-refractivity contribution in [1.82, 2.24) is 0 Å². The van der Waals surface area contributed by atoms with Gasteiger partial charge in [-0.1, -0.05) is 30.7 Å². The van der Waals surface area contributed by atoms with E-state index in [0.29, 0.717) is 0 Å². The summed E-state index contributed by atoms with van der Waals surface area (Å²) in [7, 11) is 0. The first-order valence-corrected chi connectivity index (χ1v) is 5.33. The zero-order chi connectivity index (χ0) is 9.97. The minimum absolute atomic E-state index is 1.06. The SMILES string of the molecule is CCCN1CC=Cc2cc(C)ccc21. The van der Waals surface area contributed by atoms with Crippen LogP contribution >= 0.6 is 0 Å². The van der Waals surface area contributed by atoms with Crippen LogP contribution in [0.2, 0.25) is 0 Å². The third-order valence-corrected chi connectivity index (χ3v) is 2.64. The molecule has 0 atom stereocenters. The summed E-state index contributed by atoms with van der Waals surface area (Å²) in [5, 5.41) is 0. The van der Waals surface area contributed by atoms with Crippen molar-refractivity contribution in [2.75, 3.05) is 18.0 Å². The maximum absolute atomic E-state index is 2.44. The summed E-state index contributed by atoms with van der Waals surface area (Å²) in [6.07, 6.45) is 5.69. The maximum atomic E-state index is 2.44. The van der Waals surface area contributed by atoms with Crippen LogP contribution in [0.4, 0.5) is 5.69 Å². The summed E-state index contributed by atoms with van der Waals surface area (Å²) < 4.78 is 0. The van der Waals surface area contributed by atoms with Crippen LogP contribution in [-0.4, -0.2) is 13.1 Å². The maximum Gasteiger partial charge on any atom is 0.0442 e. The Morgan fingerprint density at radius 2 is 2.21 bits per heavy atom. The van der Waals surface area contributed by atoms with Crippen molar-refractivity contribution in [2.45, 2.75) is 20.3 Å². The van der Waals surface area contributed by atoms with Crippen LogP contribution in [0.1, 0.15) is 24.5 Å². The molecule has 1 aliphatic heterocycles. The number of rotatable bonds is 2. The molecule has 74 valence electrons. The lowest BCUT2D eigenvalue weighted by molar-refractivity contribution is 0.811. The molecule has 0 fully saturated rings. The van der Waals surface area contributed by atoms with Gasteiger partial charge in [0.15, 0.2) is 0 Å². The van der Waals surface area contributed by atoms with Gasteiger partial charge in [0.1, 0.15) is 0 Å². The van der Waals surface area contributed by atoms with Gasteiger partial charge in [-0.05, 0) is 31.0 Å². The fourth-order valence-corrected chi connectivity index (χ4v) is 1.98. The van der Waals surface area contributed by atoms with E-state index in [2.05, 4.69) is 49.1 Å². The molecule has 0 spiro atoms. The number of fused-ring (bicyclic) bond motifs is 1.